The minimum Gasteiger partial charge on any atom is -0.457 e. The van der Waals surface area contributed by atoms with Crippen LogP contribution in [0.2, 0.25) is 0 Å². The minimum absolute atomic E-state index is 0.00810. The predicted molar refractivity (Wildman–Crippen MR) is 32.2 cm³/mol. The molecule has 0 N–H and O–H groups in total. The third kappa shape index (κ3) is 0.503. The number of ether oxygens (including phenoxy) is 1. The normalized spacial score (nSPS) is 44.3. The van der Waals surface area contributed by atoms with E-state index in [0.717, 1.165) is 0 Å². The number of rotatable bonds is 0. The number of carbonyl (C=O) groups is 2. The van der Waals surface area contributed by atoms with E-state index in [1.807, 2.05) is 6.92 Å². The van der Waals surface area contributed by atoms with Crippen LogP contribution in [0.25, 0.3) is 0 Å². The molecule has 2 rings (SSSR count). The Morgan fingerprint density at radius 3 is 2.90 bits per heavy atom. The average Bonchev–Trinajstić information content (AvgIpc) is 2.56. The van der Waals surface area contributed by atoms with Crippen molar-refractivity contribution < 1.29 is 14.3 Å². The molecule has 54 valence electrons. The van der Waals surface area contributed by atoms with Crippen molar-refractivity contribution in [1.29, 1.82) is 0 Å². The minimum atomic E-state index is -0.338. The summed E-state index contributed by atoms with van der Waals surface area (Å²) in [5.41, 5.74) is -0.338. The van der Waals surface area contributed by atoms with Crippen molar-refractivity contribution in [3.63, 3.8) is 0 Å². The van der Waals surface area contributed by atoms with Crippen molar-refractivity contribution in [3.8, 4) is 0 Å². The number of Topliss-reactive ketones (excluding diaryl/α,β-unsaturated/α-hetero) is 1. The van der Waals surface area contributed by atoms with Gasteiger partial charge in [0.1, 0.15) is 0 Å². The van der Waals surface area contributed by atoms with Gasteiger partial charge in [-0.2, -0.15) is 0 Å². The average molecular weight is 140 g/mol. The summed E-state index contributed by atoms with van der Waals surface area (Å²) in [7, 11) is 0. The van der Waals surface area contributed by atoms with Gasteiger partial charge in [-0.05, 0) is 6.42 Å². The van der Waals surface area contributed by atoms with Gasteiger partial charge in [0.2, 0.25) is 0 Å². The molecule has 2 atom stereocenters. The number of esters is 1. The van der Waals surface area contributed by atoms with Crippen LogP contribution in [0.4, 0.5) is 0 Å². The van der Waals surface area contributed by atoms with E-state index in [4.69, 9.17) is 0 Å². The van der Waals surface area contributed by atoms with E-state index < -0.39 is 0 Å². The lowest BCUT2D eigenvalue weighted by atomic mass is 9.99. The molecule has 1 heterocycles. The van der Waals surface area contributed by atoms with E-state index in [-0.39, 0.29) is 29.7 Å². The Morgan fingerprint density at radius 2 is 2.30 bits per heavy atom. The van der Waals surface area contributed by atoms with Gasteiger partial charge < -0.3 is 4.74 Å². The van der Waals surface area contributed by atoms with Crippen molar-refractivity contribution in [3.05, 3.63) is 0 Å². The molecule has 1 saturated carbocycles. The zero-order valence-electron chi connectivity index (χ0n) is 5.72. The van der Waals surface area contributed by atoms with Gasteiger partial charge in [0.05, 0.1) is 5.92 Å². The van der Waals surface area contributed by atoms with Crippen LogP contribution in [0.1, 0.15) is 13.3 Å². The summed E-state index contributed by atoms with van der Waals surface area (Å²) in [5, 5.41) is 0. The van der Waals surface area contributed by atoms with Crippen LogP contribution in [0.15, 0.2) is 0 Å². The SMILES string of the molecule is CC12CC1C(=O)OCC2=O. The van der Waals surface area contributed by atoms with Crippen LogP contribution in [0, 0.1) is 11.3 Å². The van der Waals surface area contributed by atoms with Crippen LogP contribution < -0.4 is 0 Å². The van der Waals surface area contributed by atoms with Crippen LogP contribution in [0.3, 0.4) is 0 Å². The smallest absolute Gasteiger partial charge is 0.310 e. The fraction of sp³-hybridized carbons (Fsp3) is 0.714. The van der Waals surface area contributed by atoms with Gasteiger partial charge in [0, 0.05) is 5.41 Å². The molecule has 1 aliphatic heterocycles. The lowest BCUT2D eigenvalue weighted by molar-refractivity contribution is -0.156. The molecule has 2 unspecified atom stereocenters. The summed E-state index contributed by atoms with van der Waals surface area (Å²) >= 11 is 0. The molecular formula is C7H8O3. The summed E-state index contributed by atoms with van der Waals surface area (Å²) < 4.78 is 4.62. The second-order valence-corrected chi connectivity index (χ2v) is 3.21. The molecule has 0 aromatic carbocycles. The predicted octanol–water partition coefficient (Wildman–Crippen LogP) is 0.139. The van der Waals surface area contributed by atoms with Crippen LogP contribution in [-0.2, 0) is 14.3 Å². The summed E-state index contributed by atoms with van der Waals surface area (Å²) in [5.74, 6) is -0.229. The zero-order valence-corrected chi connectivity index (χ0v) is 5.72. The van der Waals surface area contributed by atoms with E-state index in [1.165, 1.54) is 0 Å². The van der Waals surface area contributed by atoms with Crippen molar-refractivity contribution in [1.82, 2.24) is 0 Å². The number of cyclic esters (lactones) is 1. The summed E-state index contributed by atoms with van der Waals surface area (Å²) in [6.45, 7) is 1.83. The second kappa shape index (κ2) is 1.41. The van der Waals surface area contributed by atoms with Gasteiger partial charge in [-0.15, -0.1) is 0 Å². The molecule has 3 heteroatoms. The van der Waals surface area contributed by atoms with Crippen molar-refractivity contribution in [2.75, 3.05) is 6.61 Å². The fourth-order valence-electron chi connectivity index (χ4n) is 1.42. The van der Waals surface area contributed by atoms with Gasteiger partial charge in [-0.3, -0.25) is 9.59 Å². The molecule has 0 aromatic rings. The Kier molecular flexibility index (Phi) is 0.832. The Bertz CT molecular complexity index is 221. The van der Waals surface area contributed by atoms with Gasteiger partial charge >= 0.3 is 5.97 Å². The fourth-order valence-corrected chi connectivity index (χ4v) is 1.42. The van der Waals surface area contributed by atoms with Gasteiger partial charge in [-0.25, -0.2) is 0 Å². The number of hydrogen-bond acceptors (Lipinski definition) is 3. The zero-order chi connectivity index (χ0) is 7.35. The highest BCUT2D eigenvalue weighted by Crippen LogP contribution is 2.55. The van der Waals surface area contributed by atoms with Gasteiger partial charge in [0.25, 0.3) is 0 Å². The maximum atomic E-state index is 11.0. The molecule has 0 bridgehead atoms. The summed E-state index contributed by atoms with van der Waals surface area (Å²) in [4.78, 5) is 21.8. The van der Waals surface area contributed by atoms with E-state index in [1.54, 1.807) is 0 Å². The Hall–Kier alpha value is -0.860. The van der Waals surface area contributed by atoms with Gasteiger partial charge in [0.15, 0.2) is 12.4 Å². The Morgan fingerprint density at radius 1 is 1.60 bits per heavy atom. The number of fused-ring (bicyclic) bond motifs is 1. The molecule has 0 spiro atoms. The molecule has 0 amide bonds. The second-order valence-electron chi connectivity index (χ2n) is 3.21. The molecule has 0 aromatic heterocycles. The molecule has 3 nitrogen and oxygen atoms in total. The van der Waals surface area contributed by atoms with E-state index in [2.05, 4.69) is 4.74 Å². The van der Waals surface area contributed by atoms with Gasteiger partial charge in [-0.1, -0.05) is 6.92 Å². The van der Waals surface area contributed by atoms with Crippen LogP contribution in [0.5, 0.6) is 0 Å². The summed E-state index contributed by atoms with van der Waals surface area (Å²) in [6, 6.07) is 0. The highest BCUT2D eigenvalue weighted by molar-refractivity contribution is 5.99. The number of ketones is 1. The lowest BCUT2D eigenvalue weighted by Gasteiger charge is -2.14. The molecule has 0 radical (unpaired) electrons. The van der Waals surface area contributed by atoms with Crippen LogP contribution >= 0.6 is 0 Å². The first-order valence-corrected chi connectivity index (χ1v) is 3.34. The van der Waals surface area contributed by atoms with Crippen molar-refractivity contribution in [2.24, 2.45) is 11.3 Å². The largest absolute Gasteiger partial charge is 0.457 e. The van der Waals surface area contributed by atoms with Crippen molar-refractivity contribution in [2.45, 2.75) is 13.3 Å². The molecule has 1 aliphatic carbocycles. The third-order valence-corrected chi connectivity index (χ3v) is 2.50. The molecule has 1 saturated heterocycles. The standard InChI is InChI=1S/C7H8O3/c1-7-2-4(7)6(9)10-3-5(7)8/h4H,2-3H2,1H3. The lowest BCUT2D eigenvalue weighted by Crippen LogP contribution is -2.30. The van der Waals surface area contributed by atoms with E-state index >= 15 is 0 Å². The molecule has 10 heavy (non-hydrogen) atoms. The van der Waals surface area contributed by atoms with Crippen LogP contribution in [-0.4, -0.2) is 18.4 Å². The topological polar surface area (TPSA) is 43.4 Å². The molecule has 2 aliphatic rings. The van der Waals surface area contributed by atoms with E-state index in [0.29, 0.717) is 6.42 Å². The first kappa shape index (κ1) is 5.89. The highest BCUT2D eigenvalue weighted by Gasteiger charge is 2.63. The first-order valence-electron chi connectivity index (χ1n) is 3.34. The maximum absolute atomic E-state index is 11.0. The quantitative estimate of drug-likeness (QED) is 0.449. The molecular weight excluding hydrogens is 132 g/mol. The Balaban J connectivity index is 2.27. The Labute approximate surface area is 58.4 Å². The number of hydrogen-bond donors (Lipinski definition) is 0. The third-order valence-electron chi connectivity index (χ3n) is 2.50. The monoisotopic (exact) mass is 140 g/mol. The summed E-state index contributed by atoms with van der Waals surface area (Å²) in [6.07, 6.45) is 0.699. The van der Waals surface area contributed by atoms with Crippen molar-refractivity contribution >= 4 is 11.8 Å². The van der Waals surface area contributed by atoms with E-state index in [9.17, 15) is 9.59 Å². The number of carbonyl (C=O) groups excluding carboxylic acids is 2. The first-order chi connectivity index (χ1) is 4.64. The highest BCUT2D eigenvalue weighted by atomic mass is 16.5. The maximum Gasteiger partial charge on any atom is 0.310 e. The molecule has 2 fully saturated rings.